The molecule has 0 aliphatic carbocycles. The number of ether oxygens (including phenoxy) is 3. The highest BCUT2D eigenvalue weighted by Crippen LogP contribution is 2.43. The van der Waals surface area contributed by atoms with Gasteiger partial charge in [0.05, 0.1) is 19.8 Å². The van der Waals surface area contributed by atoms with Crippen LogP contribution in [0.2, 0.25) is 0 Å². The van der Waals surface area contributed by atoms with Crippen LogP contribution >= 0.6 is 7.82 Å². The molecule has 3 unspecified atom stereocenters. The molecule has 0 spiro atoms. The van der Waals surface area contributed by atoms with E-state index in [9.17, 15) is 28.9 Å². The Hall–Kier alpha value is -2.56. The summed E-state index contributed by atoms with van der Waals surface area (Å²) in [7, 11) is -4.75. The summed E-state index contributed by atoms with van der Waals surface area (Å²) < 4.78 is 39.5. The number of hydrogen-bond acceptors (Lipinski definition) is 10. The van der Waals surface area contributed by atoms with E-state index in [0.717, 1.165) is 103 Å². The fourth-order valence-corrected chi connectivity index (χ4v) is 8.91. The van der Waals surface area contributed by atoms with Gasteiger partial charge < -0.3 is 24.2 Å². The van der Waals surface area contributed by atoms with E-state index in [0.29, 0.717) is 19.3 Å². The van der Waals surface area contributed by atoms with Gasteiger partial charge in [-0.25, -0.2) is 4.57 Å². The lowest BCUT2D eigenvalue weighted by Gasteiger charge is -2.21. The number of phosphoric acid groups is 1. The van der Waals surface area contributed by atoms with Crippen molar-refractivity contribution >= 4 is 25.7 Å². The molecule has 0 amide bonds. The third-order valence-corrected chi connectivity index (χ3v) is 13.6. The zero-order valence-corrected chi connectivity index (χ0v) is 47.3. The Morgan fingerprint density at radius 3 is 1.11 bits per heavy atom. The first-order valence-electron chi connectivity index (χ1n) is 29.5. The summed E-state index contributed by atoms with van der Waals surface area (Å²) in [6.07, 6.45) is 57.8. The normalized spacial score (nSPS) is 13.7. The molecule has 0 aromatic heterocycles. The van der Waals surface area contributed by atoms with Gasteiger partial charge in [0.2, 0.25) is 0 Å². The molecule has 0 bridgehead atoms. The molecule has 2 N–H and O–H groups in total. The molecular weight excluding hydrogens is 928 g/mol. The minimum absolute atomic E-state index is 0.159. The van der Waals surface area contributed by atoms with Crippen LogP contribution in [0.15, 0.2) is 48.6 Å². The first kappa shape index (κ1) is 69.4. The Balaban J connectivity index is 4.73. The van der Waals surface area contributed by atoms with Crippen LogP contribution in [-0.4, -0.2) is 66.5 Å². The average molecular weight is 1040 g/mol. The molecule has 11 nitrogen and oxygen atoms in total. The van der Waals surface area contributed by atoms with Crippen molar-refractivity contribution in [2.24, 2.45) is 0 Å². The van der Waals surface area contributed by atoms with Crippen molar-refractivity contribution in [2.75, 3.05) is 26.4 Å². The maximum absolute atomic E-state index is 12.9. The number of allylic oxidation sites excluding steroid dienone is 8. The summed E-state index contributed by atoms with van der Waals surface area (Å²) in [5, 5.41) is 9.79. The lowest BCUT2D eigenvalue weighted by molar-refractivity contribution is -0.161. The van der Waals surface area contributed by atoms with Gasteiger partial charge in [0.25, 0.3) is 0 Å². The van der Waals surface area contributed by atoms with E-state index in [1.54, 1.807) is 0 Å². The van der Waals surface area contributed by atoms with E-state index in [2.05, 4.69) is 69.4 Å². The molecule has 0 radical (unpaired) electrons. The maximum Gasteiger partial charge on any atom is 0.472 e. The number of rotatable bonds is 55. The highest BCUT2D eigenvalue weighted by atomic mass is 31.2. The van der Waals surface area contributed by atoms with E-state index >= 15 is 0 Å². The fourth-order valence-electron chi connectivity index (χ4n) is 8.13. The minimum atomic E-state index is -4.75. The van der Waals surface area contributed by atoms with Gasteiger partial charge >= 0.3 is 25.7 Å². The van der Waals surface area contributed by atoms with Crippen LogP contribution in [0, 0.1) is 0 Å². The van der Waals surface area contributed by atoms with Gasteiger partial charge in [0, 0.05) is 19.3 Å². The Labute approximate surface area is 441 Å². The van der Waals surface area contributed by atoms with Crippen molar-refractivity contribution < 1.29 is 52.2 Å². The predicted molar refractivity (Wildman–Crippen MR) is 298 cm³/mol. The number of aliphatic hydroxyl groups excluding tert-OH is 1. The third kappa shape index (κ3) is 52.3. The molecule has 0 aliphatic rings. The molecule has 0 saturated heterocycles. The zero-order chi connectivity index (χ0) is 52.7. The van der Waals surface area contributed by atoms with Crippen LogP contribution in [-0.2, 0) is 42.2 Å². The summed E-state index contributed by atoms with van der Waals surface area (Å²) in [5.41, 5.74) is 0. The molecule has 0 aromatic carbocycles. The average Bonchev–Trinajstić information content (AvgIpc) is 3.37. The lowest BCUT2D eigenvalue weighted by Crippen LogP contribution is -2.30. The Morgan fingerprint density at radius 2 is 0.694 bits per heavy atom. The second-order valence-corrected chi connectivity index (χ2v) is 21.3. The van der Waals surface area contributed by atoms with E-state index in [1.165, 1.54) is 116 Å². The van der Waals surface area contributed by atoms with Crippen molar-refractivity contribution in [1.29, 1.82) is 0 Å². The smallest absolute Gasteiger partial charge is 0.462 e. The number of unbranched alkanes of at least 4 members (excludes halogenated alkanes) is 30. The first-order chi connectivity index (χ1) is 35.2. The molecule has 0 saturated carbocycles. The SMILES string of the molecule is CCCC/C=C\CCCCCCCC(=O)OC(CO)COP(=O)(O)OCC(COC(=O)CCCCCCCCC/C=C\CCCCCCCC)OC(=O)CCCCCCCCC/C=C\C/C=C\CCCCC. The summed E-state index contributed by atoms with van der Waals surface area (Å²) in [6, 6.07) is 0. The summed E-state index contributed by atoms with van der Waals surface area (Å²) in [5.74, 6) is -1.48. The van der Waals surface area contributed by atoms with E-state index in [1.807, 2.05) is 0 Å². The number of hydrogen-bond donors (Lipinski definition) is 2. The van der Waals surface area contributed by atoms with E-state index in [4.69, 9.17) is 23.3 Å². The van der Waals surface area contributed by atoms with Crippen molar-refractivity contribution in [2.45, 2.75) is 290 Å². The van der Waals surface area contributed by atoms with Gasteiger partial charge in [-0.2, -0.15) is 0 Å². The molecule has 0 rings (SSSR count). The molecule has 0 fully saturated rings. The van der Waals surface area contributed by atoms with E-state index < -0.39 is 57.8 Å². The Kier molecular flexibility index (Phi) is 52.7. The maximum atomic E-state index is 12.9. The number of aliphatic hydroxyl groups is 1. The largest absolute Gasteiger partial charge is 0.472 e. The second-order valence-electron chi connectivity index (χ2n) is 19.8. The van der Waals surface area contributed by atoms with Gasteiger partial charge in [-0.3, -0.25) is 23.4 Å². The number of carbonyl (C=O) groups excluding carboxylic acids is 3. The van der Waals surface area contributed by atoms with Crippen LogP contribution in [0.4, 0.5) is 0 Å². The van der Waals surface area contributed by atoms with Crippen molar-refractivity contribution in [3.8, 4) is 0 Å². The molecule has 420 valence electrons. The van der Waals surface area contributed by atoms with Crippen molar-refractivity contribution in [1.82, 2.24) is 0 Å². The van der Waals surface area contributed by atoms with Crippen LogP contribution in [0.1, 0.15) is 278 Å². The highest BCUT2D eigenvalue weighted by molar-refractivity contribution is 7.47. The monoisotopic (exact) mass is 1040 g/mol. The van der Waals surface area contributed by atoms with Crippen LogP contribution < -0.4 is 0 Å². The van der Waals surface area contributed by atoms with Crippen LogP contribution in [0.3, 0.4) is 0 Å². The molecule has 72 heavy (non-hydrogen) atoms. The van der Waals surface area contributed by atoms with Crippen molar-refractivity contribution in [3.05, 3.63) is 48.6 Å². The van der Waals surface area contributed by atoms with Gasteiger partial charge in [0.15, 0.2) is 6.10 Å². The molecule has 0 aliphatic heterocycles. The van der Waals surface area contributed by atoms with Gasteiger partial charge in [-0.05, 0) is 96.3 Å². The fraction of sp³-hybridized carbons (Fsp3) is 0.817. The van der Waals surface area contributed by atoms with Crippen molar-refractivity contribution in [3.63, 3.8) is 0 Å². The van der Waals surface area contributed by atoms with Crippen LogP contribution in [0.25, 0.3) is 0 Å². The summed E-state index contributed by atoms with van der Waals surface area (Å²) >= 11 is 0. The van der Waals surface area contributed by atoms with Gasteiger partial charge in [-0.1, -0.05) is 211 Å². The second kappa shape index (κ2) is 54.7. The number of phosphoric ester groups is 1. The van der Waals surface area contributed by atoms with E-state index in [-0.39, 0.29) is 25.9 Å². The molecular formula is C60H109O11P. The summed E-state index contributed by atoms with van der Waals surface area (Å²) in [6.45, 7) is 4.58. The highest BCUT2D eigenvalue weighted by Gasteiger charge is 2.28. The Bertz CT molecular complexity index is 1400. The third-order valence-electron chi connectivity index (χ3n) is 12.7. The first-order valence-corrected chi connectivity index (χ1v) is 31.0. The summed E-state index contributed by atoms with van der Waals surface area (Å²) in [4.78, 5) is 48.5. The zero-order valence-electron chi connectivity index (χ0n) is 46.4. The lowest BCUT2D eigenvalue weighted by atomic mass is 10.1. The number of esters is 3. The molecule has 0 aromatic rings. The molecule has 0 heterocycles. The molecule has 3 atom stereocenters. The topological polar surface area (TPSA) is 155 Å². The Morgan fingerprint density at radius 1 is 0.389 bits per heavy atom. The van der Waals surface area contributed by atoms with Gasteiger partial charge in [-0.15, -0.1) is 0 Å². The van der Waals surface area contributed by atoms with Gasteiger partial charge in [0.1, 0.15) is 12.7 Å². The standard InChI is InChI=1S/C60H109O11P/c1-4-7-10-13-16-19-22-24-26-28-30-32-35-37-40-43-46-49-58(62)67-53-57(71-60(64)51-48-45-42-39-36-33-31-29-27-25-23-20-17-14-11-8-5-2)55-69-72(65,66)68-54-56(52-61)70-59(63)50-47-44-41-38-34-21-18-15-12-9-6-3/h15,17-18,20,24-27,56-57,61H,4-14,16,19,21-23,28-55H2,1-3H3,(H,65,66)/b18-15-,20-17-,26-24-,27-25-. The predicted octanol–water partition coefficient (Wildman–Crippen LogP) is 17.4. The quantitative estimate of drug-likeness (QED) is 0.0197. The molecule has 12 heteroatoms. The minimum Gasteiger partial charge on any atom is -0.462 e. The van der Waals surface area contributed by atoms with Crippen LogP contribution in [0.5, 0.6) is 0 Å². The number of carbonyl (C=O) groups is 3.